The van der Waals surface area contributed by atoms with E-state index in [1.807, 2.05) is 4.90 Å². The molecule has 0 aromatic rings. The molecule has 3 atom stereocenters. The lowest BCUT2D eigenvalue weighted by Gasteiger charge is -2.39. The van der Waals surface area contributed by atoms with Gasteiger partial charge in [0.25, 0.3) is 0 Å². The maximum absolute atomic E-state index is 12.2. The molecule has 0 bridgehead atoms. The Balaban J connectivity index is 1.57. The smallest absolute Gasteiger partial charge is 0.225 e. The van der Waals surface area contributed by atoms with Crippen molar-refractivity contribution in [3.63, 3.8) is 0 Å². The Labute approximate surface area is 102 Å². The van der Waals surface area contributed by atoms with Gasteiger partial charge in [0.15, 0.2) is 0 Å². The van der Waals surface area contributed by atoms with Gasteiger partial charge in [-0.1, -0.05) is 0 Å². The van der Waals surface area contributed by atoms with Crippen LogP contribution in [0.3, 0.4) is 0 Å². The summed E-state index contributed by atoms with van der Waals surface area (Å²) in [5.74, 6) is 0.957. The number of amides is 1. The molecule has 0 aromatic heterocycles. The van der Waals surface area contributed by atoms with Gasteiger partial charge in [0.1, 0.15) is 0 Å². The third kappa shape index (κ3) is 2.08. The van der Waals surface area contributed by atoms with Crippen molar-refractivity contribution in [2.24, 2.45) is 11.8 Å². The van der Waals surface area contributed by atoms with Crippen LogP contribution in [0, 0.1) is 11.8 Å². The van der Waals surface area contributed by atoms with Crippen LogP contribution >= 0.6 is 0 Å². The number of carbonyl (C=O) groups excluding carboxylic acids is 1. The quantitative estimate of drug-likeness (QED) is 0.736. The summed E-state index contributed by atoms with van der Waals surface area (Å²) in [6, 6.07) is 0. The van der Waals surface area contributed by atoms with E-state index in [2.05, 4.69) is 6.92 Å². The number of fused-ring (bicyclic) bond motifs is 1. The summed E-state index contributed by atoms with van der Waals surface area (Å²) in [7, 11) is 0. The molecule has 1 N–H and O–H groups in total. The van der Waals surface area contributed by atoms with Gasteiger partial charge in [0, 0.05) is 19.0 Å². The van der Waals surface area contributed by atoms with Crippen LogP contribution in [0.5, 0.6) is 0 Å². The lowest BCUT2D eigenvalue weighted by molar-refractivity contribution is -0.146. The van der Waals surface area contributed by atoms with E-state index < -0.39 is 0 Å². The number of aliphatic hydroxyl groups excluding tert-OH is 1. The van der Waals surface area contributed by atoms with E-state index in [-0.39, 0.29) is 24.0 Å². The molecule has 4 nitrogen and oxygen atoms in total. The standard InChI is InChI=1S/C13H21NO3/c1-8-4-9-2-3-14(7-12(9)17-8)13(16)10-5-11(15)6-10/h8-12,15H,2-7H2,1H3/t8-,9+,10?,11?,12-/m1/s1. The van der Waals surface area contributed by atoms with Crippen molar-refractivity contribution in [1.29, 1.82) is 0 Å². The van der Waals surface area contributed by atoms with Crippen LogP contribution < -0.4 is 0 Å². The molecular formula is C13H21NO3. The van der Waals surface area contributed by atoms with Crippen molar-refractivity contribution in [3.05, 3.63) is 0 Å². The molecule has 1 saturated carbocycles. The van der Waals surface area contributed by atoms with Crippen LogP contribution in [-0.2, 0) is 9.53 Å². The van der Waals surface area contributed by atoms with Crippen molar-refractivity contribution >= 4 is 5.91 Å². The van der Waals surface area contributed by atoms with E-state index in [0.717, 1.165) is 25.9 Å². The highest BCUT2D eigenvalue weighted by Crippen LogP contribution is 2.35. The number of rotatable bonds is 1. The monoisotopic (exact) mass is 239 g/mol. The number of hydrogen-bond acceptors (Lipinski definition) is 3. The number of piperidine rings is 1. The molecule has 4 heteroatoms. The highest BCUT2D eigenvalue weighted by molar-refractivity contribution is 5.80. The molecular weight excluding hydrogens is 218 g/mol. The minimum Gasteiger partial charge on any atom is -0.393 e. The largest absolute Gasteiger partial charge is 0.393 e. The van der Waals surface area contributed by atoms with Crippen LogP contribution in [0.15, 0.2) is 0 Å². The van der Waals surface area contributed by atoms with Gasteiger partial charge in [-0.15, -0.1) is 0 Å². The van der Waals surface area contributed by atoms with Crippen molar-refractivity contribution in [1.82, 2.24) is 4.90 Å². The summed E-state index contributed by atoms with van der Waals surface area (Å²) in [5.41, 5.74) is 0. The Morgan fingerprint density at radius 1 is 1.35 bits per heavy atom. The molecule has 2 aliphatic heterocycles. The summed E-state index contributed by atoms with van der Waals surface area (Å²) in [5, 5.41) is 9.26. The third-order valence-corrected chi connectivity index (χ3v) is 4.51. The first kappa shape index (κ1) is 11.5. The third-order valence-electron chi connectivity index (χ3n) is 4.51. The molecule has 1 aliphatic carbocycles. The average molecular weight is 239 g/mol. The number of likely N-dealkylation sites (tertiary alicyclic amines) is 1. The maximum Gasteiger partial charge on any atom is 0.225 e. The molecule has 0 radical (unpaired) electrons. The molecule has 3 fully saturated rings. The summed E-state index contributed by atoms with van der Waals surface area (Å²) in [6.07, 6.45) is 3.90. The Morgan fingerprint density at radius 3 is 2.82 bits per heavy atom. The van der Waals surface area contributed by atoms with Crippen LogP contribution in [0.1, 0.15) is 32.6 Å². The summed E-state index contributed by atoms with van der Waals surface area (Å²) in [4.78, 5) is 14.1. The number of nitrogens with zero attached hydrogens (tertiary/aromatic N) is 1. The highest BCUT2D eigenvalue weighted by atomic mass is 16.5. The molecule has 0 aromatic carbocycles. The summed E-state index contributed by atoms with van der Waals surface area (Å²) in [6.45, 7) is 3.76. The topological polar surface area (TPSA) is 49.8 Å². The molecule has 2 saturated heterocycles. The second kappa shape index (κ2) is 4.25. The van der Waals surface area contributed by atoms with E-state index in [1.54, 1.807) is 0 Å². The first-order valence-corrected chi connectivity index (χ1v) is 6.76. The van der Waals surface area contributed by atoms with Gasteiger partial charge in [0.05, 0.1) is 18.3 Å². The summed E-state index contributed by atoms with van der Waals surface area (Å²) >= 11 is 0. The fourth-order valence-corrected chi connectivity index (χ4v) is 3.42. The van der Waals surface area contributed by atoms with Crippen molar-refractivity contribution < 1.29 is 14.6 Å². The molecule has 0 unspecified atom stereocenters. The van der Waals surface area contributed by atoms with Gasteiger partial charge in [-0.2, -0.15) is 0 Å². The molecule has 1 amide bonds. The second-order valence-corrected chi connectivity index (χ2v) is 5.88. The number of ether oxygens (including phenoxy) is 1. The van der Waals surface area contributed by atoms with Crippen LogP contribution in [-0.4, -0.2) is 47.3 Å². The zero-order chi connectivity index (χ0) is 12.0. The first-order chi connectivity index (χ1) is 8.13. The van der Waals surface area contributed by atoms with Gasteiger partial charge in [-0.05, 0) is 38.5 Å². The Hall–Kier alpha value is -0.610. The minimum atomic E-state index is -0.246. The minimum absolute atomic E-state index is 0.0698. The fraction of sp³-hybridized carbons (Fsp3) is 0.923. The number of carbonyl (C=O) groups is 1. The normalized spacial score (nSPS) is 45.3. The predicted octanol–water partition coefficient (Wildman–Crippen LogP) is 0.783. The van der Waals surface area contributed by atoms with E-state index >= 15 is 0 Å². The van der Waals surface area contributed by atoms with Gasteiger partial charge in [-0.3, -0.25) is 4.79 Å². The van der Waals surface area contributed by atoms with Crippen LogP contribution in [0.2, 0.25) is 0 Å². The molecule has 3 rings (SSSR count). The number of aliphatic hydroxyl groups is 1. The fourth-order valence-electron chi connectivity index (χ4n) is 3.42. The highest BCUT2D eigenvalue weighted by Gasteiger charge is 2.42. The Bertz CT molecular complexity index is 314. The van der Waals surface area contributed by atoms with Crippen molar-refractivity contribution in [2.75, 3.05) is 13.1 Å². The van der Waals surface area contributed by atoms with E-state index in [9.17, 15) is 9.90 Å². The summed E-state index contributed by atoms with van der Waals surface area (Å²) < 4.78 is 5.85. The number of hydrogen-bond donors (Lipinski definition) is 1. The van der Waals surface area contributed by atoms with Gasteiger partial charge >= 0.3 is 0 Å². The lowest BCUT2D eigenvalue weighted by Crippen LogP contribution is -2.50. The van der Waals surface area contributed by atoms with Crippen molar-refractivity contribution in [2.45, 2.75) is 50.9 Å². The molecule has 2 heterocycles. The van der Waals surface area contributed by atoms with Gasteiger partial charge < -0.3 is 14.7 Å². The molecule has 96 valence electrons. The van der Waals surface area contributed by atoms with E-state index in [4.69, 9.17) is 4.74 Å². The average Bonchev–Trinajstić information content (AvgIpc) is 2.62. The first-order valence-electron chi connectivity index (χ1n) is 6.76. The van der Waals surface area contributed by atoms with E-state index in [0.29, 0.717) is 24.9 Å². The Morgan fingerprint density at radius 2 is 2.12 bits per heavy atom. The zero-order valence-corrected chi connectivity index (χ0v) is 10.3. The van der Waals surface area contributed by atoms with Crippen molar-refractivity contribution in [3.8, 4) is 0 Å². The van der Waals surface area contributed by atoms with Crippen LogP contribution in [0.4, 0.5) is 0 Å². The Kier molecular flexibility index (Phi) is 2.87. The molecule has 3 aliphatic rings. The van der Waals surface area contributed by atoms with Gasteiger partial charge in [-0.25, -0.2) is 0 Å². The maximum atomic E-state index is 12.2. The second-order valence-electron chi connectivity index (χ2n) is 5.88. The molecule has 0 spiro atoms. The zero-order valence-electron chi connectivity index (χ0n) is 10.3. The lowest BCUT2D eigenvalue weighted by atomic mass is 9.80. The van der Waals surface area contributed by atoms with Crippen LogP contribution in [0.25, 0.3) is 0 Å². The molecule has 17 heavy (non-hydrogen) atoms. The van der Waals surface area contributed by atoms with E-state index in [1.165, 1.54) is 0 Å². The van der Waals surface area contributed by atoms with Gasteiger partial charge in [0.2, 0.25) is 5.91 Å². The SMILES string of the molecule is C[C@@H]1C[C@@H]2CCN(C(=O)C3CC(O)C3)C[C@H]2O1. The predicted molar refractivity (Wildman–Crippen MR) is 62.4 cm³/mol.